The fourth-order valence-corrected chi connectivity index (χ4v) is 1.87. The van der Waals surface area contributed by atoms with Gasteiger partial charge in [0.25, 0.3) is 0 Å². The number of nitrogens with one attached hydrogen (secondary N) is 1. The molecule has 0 atom stereocenters. The standard InChI is InChI=1S/C10H10N2S/c1-2-4-10(5-3-1)13-7-9-6-11-8-12-9/h1-6,8H,7H2,(H,11,12). The summed E-state index contributed by atoms with van der Waals surface area (Å²) in [6.45, 7) is 0. The van der Waals surface area contributed by atoms with Crippen LogP contribution in [0.3, 0.4) is 0 Å². The van der Waals surface area contributed by atoms with Gasteiger partial charge in [0, 0.05) is 22.5 Å². The molecule has 0 aliphatic rings. The predicted molar refractivity (Wildman–Crippen MR) is 54.6 cm³/mol. The molecular formula is C10H10N2S. The average Bonchev–Trinajstić information content (AvgIpc) is 2.69. The first-order valence-corrected chi connectivity index (χ1v) is 5.09. The number of aromatic nitrogens is 2. The van der Waals surface area contributed by atoms with Crippen molar-refractivity contribution in [1.82, 2.24) is 9.97 Å². The summed E-state index contributed by atoms with van der Waals surface area (Å²) in [5.74, 6) is 0.948. The Morgan fingerprint density at radius 1 is 1.23 bits per heavy atom. The average molecular weight is 190 g/mol. The van der Waals surface area contributed by atoms with Crippen LogP contribution in [-0.2, 0) is 5.75 Å². The predicted octanol–water partition coefficient (Wildman–Crippen LogP) is 2.70. The summed E-state index contributed by atoms with van der Waals surface area (Å²) in [6.07, 6.45) is 3.57. The highest BCUT2D eigenvalue weighted by molar-refractivity contribution is 7.98. The summed E-state index contributed by atoms with van der Waals surface area (Å²) in [5.41, 5.74) is 1.16. The summed E-state index contributed by atoms with van der Waals surface area (Å²) < 4.78 is 0. The molecule has 2 aromatic rings. The highest BCUT2D eigenvalue weighted by atomic mass is 32.2. The molecule has 2 nitrogen and oxygen atoms in total. The Kier molecular flexibility index (Phi) is 2.67. The van der Waals surface area contributed by atoms with E-state index in [1.165, 1.54) is 4.90 Å². The van der Waals surface area contributed by atoms with E-state index in [2.05, 4.69) is 34.2 Å². The Hall–Kier alpha value is -1.22. The second-order valence-corrected chi connectivity index (χ2v) is 3.73. The lowest BCUT2D eigenvalue weighted by molar-refractivity contribution is 1.22. The van der Waals surface area contributed by atoms with Crippen LogP contribution in [0, 0.1) is 0 Å². The summed E-state index contributed by atoms with van der Waals surface area (Å²) in [4.78, 5) is 8.33. The molecule has 0 fully saturated rings. The number of benzene rings is 1. The molecule has 0 saturated heterocycles. The van der Waals surface area contributed by atoms with E-state index < -0.39 is 0 Å². The molecule has 0 aliphatic heterocycles. The van der Waals surface area contributed by atoms with E-state index in [0.29, 0.717) is 0 Å². The Morgan fingerprint density at radius 2 is 2.08 bits per heavy atom. The van der Waals surface area contributed by atoms with Crippen LogP contribution in [0.5, 0.6) is 0 Å². The van der Waals surface area contributed by atoms with E-state index >= 15 is 0 Å². The van der Waals surface area contributed by atoms with Gasteiger partial charge in [0.2, 0.25) is 0 Å². The van der Waals surface area contributed by atoms with E-state index in [4.69, 9.17) is 0 Å². The Labute approximate surface area is 81.4 Å². The Balaban J connectivity index is 1.94. The van der Waals surface area contributed by atoms with E-state index in [1.54, 1.807) is 18.1 Å². The number of nitrogens with zero attached hydrogens (tertiary/aromatic N) is 1. The van der Waals surface area contributed by atoms with E-state index in [9.17, 15) is 0 Å². The smallest absolute Gasteiger partial charge is 0.0921 e. The van der Waals surface area contributed by atoms with Gasteiger partial charge in [-0.3, -0.25) is 0 Å². The number of hydrogen-bond acceptors (Lipinski definition) is 2. The van der Waals surface area contributed by atoms with Crippen molar-refractivity contribution in [2.75, 3.05) is 0 Å². The highest BCUT2D eigenvalue weighted by Gasteiger charge is 1.95. The van der Waals surface area contributed by atoms with E-state index in [-0.39, 0.29) is 0 Å². The van der Waals surface area contributed by atoms with E-state index in [0.717, 1.165) is 11.4 Å². The van der Waals surface area contributed by atoms with Gasteiger partial charge in [-0.1, -0.05) is 18.2 Å². The van der Waals surface area contributed by atoms with Crippen LogP contribution in [0.25, 0.3) is 0 Å². The van der Waals surface area contributed by atoms with E-state index in [1.807, 2.05) is 12.3 Å². The highest BCUT2D eigenvalue weighted by Crippen LogP contribution is 2.20. The van der Waals surface area contributed by atoms with Crippen LogP contribution < -0.4 is 0 Å². The van der Waals surface area contributed by atoms with Crippen molar-refractivity contribution in [3.63, 3.8) is 0 Å². The van der Waals surface area contributed by atoms with Gasteiger partial charge in [0.15, 0.2) is 0 Å². The van der Waals surface area contributed by atoms with Gasteiger partial charge in [-0.25, -0.2) is 4.98 Å². The molecule has 0 amide bonds. The molecule has 13 heavy (non-hydrogen) atoms. The molecule has 66 valence electrons. The van der Waals surface area contributed by atoms with Crippen LogP contribution in [0.2, 0.25) is 0 Å². The minimum atomic E-state index is 0.948. The maximum Gasteiger partial charge on any atom is 0.0921 e. The fraction of sp³-hybridized carbons (Fsp3) is 0.100. The zero-order valence-corrected chi connectivity index (χ0v) is 7.92. The summed E-state index contributed by atoms with van der Waals surface area (Å²) >= 11 is 1.81. The van der Waals surface area contributed by atoms with Gasteiger partial charge in [0.1, 0.15) is 0 Å². The number of aromatic amines is 1. The maximum atomic E-state index is 3.97. The number of hydrogen-bond donors (Lipinski definition) is 1. The molecule has 0 spiro atoms. The molecule has 1 N–H and O–H groups in total. The number of imidazole rings is 1. The first kappa shape index (κ1) is 8.38. The van der Waals surface area contributed by atoms with Crippen LogP contribution in [0.1, 0.15) is 5.69 Å². The third-order valence-electron chi connectivity index (χ3n) is 1.69. The lowest BCUT2D eigenvalue weighted by atomic mass is 10.4. The van der Waals surface area contributed by atoms with Crippen molar-refractivity contribution >= 4 is 11.8 Å². The van der Waals surface area contributed by atoms with Gasteiger partial charge in [0.05, 0.1) is 6.33 Å². The molecule has 0 aliphatic carbocycles. The van der Waals surface area contributed by atoms with Gasteiger partial charge in [-0.2, -0.15) is 0 Å². The maximum absolute atomic E-state index is 3.97. The SMILES string of the molecule is c1ccc(SCc2cnc[nH]2)cc1. The third kappa shape index (κ3) is 2.36. The summed E-state index contributed by atoms with van der Waals surface area (Å²) in [7, 11) is 0. The number of H-pyrrole nitrogens is 1. The van der Waals surface area contributed by atoms with Crippen molar-refractivity contribution in [2.24, 2.45) is 0 Å². The quantitative estimate of drug-likeness (QED) is 0.754. The van der Waals surface area contributed by atoms with Gasteiger partial charge < -0.3 is 4.98 Å². The zero-order valence-electron chi connectivity index (χ0n) is 7.10. The second kappa shape index (κ2) is 4.14. The van der Waals surface area contributed by atoms with Gasteiger partial charge in [-0.15, -0.1) is 11.8 Å². The largest absolute Gasteiger partial charge is 0.348 e. The Morgan fingerprint density at radius 3 is 2.77 bits per heavy atom. The third-order valence-corrected chi connectivity index (χ3v) is 2.75. The fourth-order valence-electron chi connectivity index (χ4n) is 1.04. The van der Waals surface area contributed by atoms with Crippen molar-refractivity contribution in [1.29, 1.82) is 0 Å². The Bertz CT molecular complexity index is 342. The van der Waals surface area contributed by atoms with Crippen molar-refractivity contribution < 1.29 is 0 Å². The molecule has 1 heterocycles. The van der Waals surface area contributed by atoms with Crippen molar-refractivity contribution in [3.05, 3.63) is 48.5 Å². The van der Waals surface area contributed by atoms with Crippen LogP contribution in [0.15, 0.2) is 47.8 Å². The molecular weight excluding hydrogens is 180 g/mol. The molecule has 0 radical (unpaired) electrons. The molecule has 2 rings (SSSR count). The second-order valence-electron chi connectivity index (χ2n) is 2.68. The molecule has 0 unspecified atom stereocenters. The minimum Gasteiger partial charge on any atom is -0.348 e. The normalized spacial score (nSPS) is 10.2. The first-order valence-electron chi connectivity index (χ1n) is 4.10. The first-order chi connectivity index (χ1) is 6.45. The van der Waals surface area contributed by atoms with Gasteiger partial charge in [-0.05, 0) is 12.1 Å². The monoisotopic (exact) mass is 190 g/mol. The summed E-state index contributed by atoms with van der Waals surface area (Å²) in [5, 5.41) is 0. The summed E-state index contributed by atoms with van der Waals surface area (Å²) in [6, 6.07) is 10.4. The lowest BCUT2D eigenvalue weighted by Gasteiger charge is -1.97. The molecule has 0 bridgehead atoms. The number of rotatable bonds is 3. The zero-order chi connectivity index (χ0) is 8.93. The van der Waals surface area contributed by atoms with Gasteiger partial charge >= 0.3 is 0 Å². The number of thioether (sulfide) groups is 1. The molecule has 3 heteroatoms. The molecule has 0 saturated carbocycles. The van der Waals surface area contributed by atoms with Crippen molar-refractivity contribution in [2.45, 2.75) is 10.6 Å². The van der Waals surface area contributed by atoms with Crippen molar-refractivity contribution in [3.8, 4) is 0 Å². The molecule has 1 aromatic carbocycles. The molecule has 1 aromatic heterocycles. The lowest BCUT2D eigenvalue weighted by Crippen LogP contribution is -1.78. The minimum absolute atomic E-state index is 0.948. The topological polar surface area (TPSA) is 28.7 Å². The van der Waals surface area contributed by atoms with Crippen LogP contribution >= 0.6 is 11.8 Å². The van der Waals surface area contributed by atoms with Crippen LogP contribution in [0.4, 0.5) is 0 Å². The van der Waals surface area contributed by atoms with Crippen LogP contribution in [-0.4, -0.2) is 9.97 Å².